The summed E-state index contributed by atoms with van der Waals surface area (Å²) in [6.45, 7) is 1.72. The third-order valence-electron chi connectivity index (χ3n) is 3.86. The molecule has 2 aromatic rings. The first kappa shape index (κ1) is 14.3. The molecule has 0 aliphatic carbocycles. The van der Waals surface area contributed by atoms with E-state index in [1.807, 2.05) is 18.2 Å². The summed E-state index contributed by atoms with van der Waals surface area (Å²) in [5.74, 6) is -0.733. The Bertz CT molecular complexity index is 732. The summed E-state index contributed by atoms with van der Waals surface area (Å²) in [5, 5.41) is 2.72. The first-order chi connectivity index (χ1) is 10.5. The minimum atomic E-state index is -1.09. The molecule has 1 aliphatic heterocycles. The molecule has 1 fully saturated rings. The van der Waals surface area contributed by atoms with E-state index in [4.69, 9.17) is 0 Å². The summed E-state index contributed by atoms with van der Waals surface area (Å²) in [7, 11) is 0. The van der Waals surface area contributed by atoms with Gasteiger partial charge in [0.2, 0.25) is 0 Å². The summed E-state index contributed by atoms with van der Waals surface area (Å²) < 4.78 is 13.2. The first-order valence-corrected chi connectivity index (χ1v) is 6.95. The van der Waals surface area contributed by atoms with Gasteiger partial charge in [-0.2, -0.15) is 0 Å². The number of amides is 3. The number of carbonyl (C=O) groups is 2. The standard InChI is InChI=1S/C17H15FN2O2/c1-17(13-7-3-2-4-8-13)15(21)20(16(22)19-17)11-12-6-5-9-14(18)10-12/h2-10H,11H2,1H3,(H,19,22). The van der Waals surface area contributed by atoms with Crippen molar-refractivity contribution in [1.29, 1.82) is 0 Å². The molecule has 1 aliphatic rings. The lowest BCUT2D eigenvalue weighted by atomic mass is 9.92. The largest absolute Gasteiger partial charge is 0.325 e. The number of carbonyl (C=O) groups excluding carboxylic acids is 2. The van der Waals surface area contributed by atoms with Gasteiger partial charge in [0.15, 0.2) is 0 Å². The molecule has 0 saturated carbocycles. The van der Waals surface area contributed by atoms with E-state index in [9.17, 15) is 14.0 Å². The van der Waals surface area contributed by atoms with Crippen molar-refractivity contribution in [3.8, 4) is 0 Å². The van der Waals surface area contributed by atoms with E-state index in [-0.39, 0.29) is 12.5 Å². The highest BCUT2D eigenvalue weighted by Crippen LogP contribution is 2.29. The Morgan fingerprint density at radius 1 is 1.09 bits per heavy atom. The molecule has 1 saturated heterocycles. The number of hydrogen-bond donors (Lipinski definition) is 1. The molecular formula is C17H15FN2O2. The zero-order valence-corrected chi connectivity index (χ0v) is 12.0. The van der Waals surface area contributed by atoms with Gasteiger partial charge in [-0.3, -0.25) is 9.69 Å². The van der Waals surface area contributed by atoms with Crippen molar-refractivity contribution in [2.24, 2.45) is 0 Å². The molecule has 1 unspecified atom stereocenters. The van der Waals surface area contributed by atoms with Gasteiger partial charge in [0.25, 0.3) is 5.91 Å². The lowest BCUT2D eigenvalue weighted by Gasteiger charge is -2.22. The van der Waals surface area contributed by atoms with E-state index < -0.39 is 17.4 Å². The third kappa shape index (κ3) is 2.35. The number of halogens is 1. The monoisotopic (exact) mass is 298 g/mol. The summed E-state index contributed by atoms with van der Waals surface area (Å²) in [6.07, 6.45) is 0. The van der Waals surface area contributed by atoms with Crippen molar-refractivity contribution < 1.29 is 14.0 Å². The maximum absolute atomic E-state index is 13.2. The van der Waals surface area contributed by atoms with Crippen LogP contribution in [0.25, 0.3) is 0 Å². The van der Waals surface area contributed by atoms with Crippen LogP contribution in [0.3, 0.4) is 0 Å². The number of rotatable bonds is 3. The lowest BCUT2D eigenvalue weighted by molar-refractivity contribution is -0.131. The van der Waals surface area contributed by atoms with Crippen molar-refractivity contribution in [2.45, 2.75) is 19.0 Å². The number of hydrogen-bond acceptors (Lipinski definition) is 2. The van der Waals surface area contributed by atoms with Gasteiger partial charge >= 0.3 is 6.03 Å². The fourth-order valence-corrected chi connectivity index (χ4v) is 2.63. The Labute approximate surface area is 127 Å². The van der Waals surface area contributed by atoms with Gasteiger partial charge in [-0.05, 0) is 30.2 Å². The third-order valence-corrected chi connectivity index (χ3v) is 3.86. The van der Waals surface area contributed by atoms with Gasteiger partial charge < -0.3 is 5.32 Å². The predicted octanol–water partition coefficient (Wildman–Crippen LogP) is 2.79. The smallest absolute Gasteiger partial charge is 0.319 e. The first-order valence-electron chi connectivity index (χ1n) is 6.95. The quantitative estimate of drug-likeness (QED) is 0.886. The Morgan fingerprint density at radius 3 is 2.50 bits per heavy atom. The number of nitrogens with zero attached hydrogens (tertiary/aromatic N) is 1. The second kappa shape index (κ2) is 5.26. The molecule has 5 heteroatoms. The van der Waals surface area contributed by atoms with Crippen molar-refractivity contribution in [3.63, 3.8) is 0 Å². The normalized spacial score (nSPS) is 21.1. The van der Waals surface area contributed by atoms with Gasteiger partial charge in [0, 0.05) is 0 Å². The Hall–Kier alpha value is -2.69. The highest BCUT2D eigenvalue weighted by atomic mass is 19.1. The molecule has 112 valence electrons. The molecule has 2 aromatic carbocycles. The average Bonchev–Trinajstić information content (AvgIpc) is 2.73. The van der Waals surface area contributed by atoms with E-state index in [1.165, 1.54) is 12.1 Å². The molecule has 22 heavy (non-hydrogen) atoms. The molecule has 3 amide bonds. The fraction of sp³-hybridized carbons (Fsp3) is 0.176. The van der Waals surface area contributed by atoms with Crippen LogP contribution < -0.4 is 5.32 Å². The number of nitrogens with one attached hydrogen (secondary N) is 1. The summed E-state index contributed by atoms with van der Waals surface area (Å²) in [6, 6.07) is 14.5. The van der Waals surface area contributed by atoms with Crippen LogP contribution >= 0.6 is 0 Å². The van der Waals surface area contributed by atoms with Crippen LogP contribution in [0.15, 0.2) is 54.6 Å². The number of imide groups is 1. The second-order valence-corrected chi connectivity index (χ2v) is 5.44. The van der Waals surface area contributed by atoms with Crippen molar-refractivity contribution in [3.05, 3.63) is 71.5 Å². The second-order valence-electron chi connectivity index (χ2n) is 5.44. The SMILES string of the molecule is CC1(c2ccccc2)NC(=O)N(Cc2cccc(F)c2)C1=O. The van der Waals surface area contributed by atoms with Crippen molar-refractivity contribution in [1.82, 2.24) is 10.2 Å². The average molecular weight is 298 g/mol. The molecule has 0 aromatic heterocycles. The number of benzene rings is 2. The molecular weight excluding hydrogens is 283 g/mol. The maximum atomic E-state index is 13.2. The summed E-state index contributed by atoms with van der Waals surface area (Å²) >= 11 is 0. The Morgan fingerprint density at radius 2 is 1.82 bits per heavy atom. The zero-order valence-electron chi connectivity index (χ0n) is 12.0. The molecule has 3 rings (SSSR count). The zero-order chi connectivity index (χ0) is 15.7. The molecule has 1 N–H and O–H groups in total. The Balaban J connectivity index is 1.89. The van der Waals surface area contributed by atoms with E-state index in [1.54, 1.807) is 31.2 Å². The summed E-state index contributed by atoms with van der Waals surface area (Å²) in [4.78, 5) is 26.0. The molecule has 1 atom stereocenters. The fourth-order valence-electron chi connectivity index (χ4n) is 2.63. The minimum Gasteiger partial charge on any atom is -0.319 e. The lowest BCUT2D eigenvalue weighted by Crippen LogP contribution is -2.40. The van der Waals surface area contributed by atoms with Crippen LogP contribution in [0.2, 0.25) is 0 Å². The van der Waals surface area contributed by atoms with E-state index >= 15 is 0 Å². The molecule has 1 heterocycles. The highest BCUT2D eigenvalue weighted by Gasteiger charge is 2.48. The topological polar surface area (TPSA) is 49.4 Å². The van der Waals surface area contributed by atoms with E-state index in [0.29, 0.717) is 5.56 Å². The van der Waals surface area contributed by atoms with Crippen LogP contribution in [-0.4, -0.2) is 16.8 Å². The van der Waals surface area contributed by atoms with Crippen LogP contribution in [0, 0.1) is 5.82 Å². The van der Waals surface area contributed by atoms with Gasteiger partial charge in [0.05, 0.1) is 6.54 Å². The van der Waals surface area contributed by atoms with Crippen molar-refractivity contribution >= 4 is 11.9 Å². The molecule has 0 spiro atoms. The number of urea groups is 1. The van der Waals surface area contributed by atoms with Gasteiger partial charge in [-0.25, -0.2) is 9.18 Å². The van der Waals surface area contributed by atoms with Gasteiger partial charge in [-0.15, -0.1) is 0 Å². The van der Waals surface area contributed by atoms with Crippen molar-refractivity contribution in [2.75, 3.05) is 0 Å². The molecule has 0 bridgehead atoms. The van der Waals surface area contributed by atoms with Gasteiger partial charge in [-0.1, -0.05) is 42.5 Å². The highest BCUT2D eigenvalue weighted by molar-refractivity contribution is 6.07. The van der Waals surface area contributed by atoms with Crippen LogP contribution in [0.5, 0.6) is 0 Å². The minimum absolute atomic E-state index is 0.0465. The molecule has 4 nitrogen and oxygen atoms in total. The Kier molecular flexibility index (Phi) is 3.41. The summed E-state index contributed by atoms with van der Waals surface area (Å²) in [5.41, 5.74) is 0.196. The van der Waals surface area contributed by atoms with Crippen LogP contribution in [-0.2, 0) is 16.9 Å². The van der Waals surface area contributed by atoms with Gasteiger partial charge in [0.1, 0.15) is 11.4 Å². The maximum Gasteiger partial charge on any atom is 0.325 e. The van der Waals surface area contributed by atoms with E-state index in [2.05, 4.69) is 5.32 Å². The van der Waals surface area contributed by atoms with Crippen LogP contribution in [0.1, 0.15) is 18.1 Å². The predicted molar refractivity (Wildman–Crippen MR) is 79.3 cm³/mol. The van der Waals surface area contributed by atoms with Crippen LogP contribution in [0.4, 0.5) is 9.18 Å². The molecule has 0 radical (unpaired) electrons. The van der Waals surface area contributed by atoms with E-state index in [0.717, 1.165) is 10.5 Å².